The minimum absolute atomic E-state index is 0.00376. The fourth-order valence-corrected chi connectivity index (χ4v) is 2.82. The average molecular weight is 361 g/mol. The lowest BCUT2D eigenvalue weighted by molar-refractivity contribution is -0.122. The fraction of sp³-hybridized carbons (Fsp3) is 0.500. The van der Waals surface area contributed by atoms with Crippen molar-refractivity contribution in [1.82, 2.24) is 15.5 Å². The van der Waals surface area contributed by atoms with Gasteiger partial charge in [0, 0.05) is 25.7 Å². The molecule has 3 amide bonds. The lowest BCUT2D eigenvalue weighted by atomic mass is 10.1. The highest BCUT2D eigenvalue weighted by molar-refractivity contribution is 5.90. The van der Waals surface area contributed by atoms with Gasteiger partial charge in [0.15, 0.2) is 0 Å². The average Bonchev–Trinajstić information content (AvgIpc) is 2.63. The molecule has 1 aromatic carbocycles. The first-order valence-electron chi connectivity index (χ1n) is 8.78. The molecule has 0 radical (unpaired) electrons. The van der Waals surface area contributed by atoms with E-state index in [-0.39, 0.29) is 23.2 Å². The fourth-order valence-electron chi connectivity index (χ4n) is 2.82. The first-order valence-corrected chi connectivity index (χ1v) is 8.78. The van der Waals surface area contributed by atoms with Crippen molar-refractivity contribution in [2.24, 2.45) is 0 Å². The Hall–Kier alpha value is -2.66. The van der Waals surface area contributed by atoms with Crippen LogP contribution in [0, 0.1) is 17.1 Å². The lowest BCUT2D eigenvalue weighted by Crippen LogP contribution is -2.48. The highest BCUT2D eigenvalue weighted by atomic mass is 19.1. The molecular formula is C18H24FN5O2. The number of hydrogen-bond donors (Lipinski definition) is 3. The van der Waals surface area contributed by atoms with Gasteiger partial charge in [-0.1, -0.05) is 6.92 Å². The predicted molar refractivity (Wildman–Crippen MR) is 96.0 cm³/mol. The zero-order chi connectivity index (χ0) is 18.9. The van der Waals surface area contributed by atoms with Gasteiger partial charge in [-0.05, 0) is 37.5 Å². The Morgan fingerprint density at radius 3 is 2.73 bits per heavy atom. The quantitative estimate of drug-likeness (QED) is 0.720. The van der Waals surface area contributed by atoms with Gasteiger partial charge in [-0.2, -0.15) is 5.26 Å². The standard InChI is InChI=1S/C18H24FN5O2/c1-2-7-21-17(25)12-24-8-5-15(6-9-24)22-18(26)23-16-4-3-14(19)10-13(16)11-20/h3-4,10,15H,2,5-9,12H2,1H3,(H,21,25)(H2,22,23,26). The summed E-state index contributed by atoms with van der Waals surface area (Å²) >= 11 is 0. The molecule has 1 saturated heterocycles. The summed E-state index contributed by atoms with van der Waals surface area (Å²) in [6.45, 7) is 4.52. The summed E-state index contributed by atoms with van der Waals surface area (Å²) in [4.78, 5) is 25.9. The summed E-state index contributed by atoms with van der Waals surface area (Å²) in [6.07, 6.45) is 2.39. The lowest BCUT2D eigenvalue weighted by Gasteiger charge is -2.31. The van der Waals surface area contributed by atoms with E-state index in [4.69, 9.17) is 5.26 Å². The molecule has 0 saturated carbocycles. The smallest absolute Gasteiger partial charge is 0.319 e. The van der Waals surface area contributed by atoms with Crippen LogP contribution in [0.5, 0.6) is 0 Å². The molecule has 0 spiro atoms. The molecule has 0 aromatic heterocycles. The molecule has 26 heavy (non-hydrogen) atoms. The van der Waals surface area contributed by atoms with Crippen molar-refractivity contribution in [1.29, 1.82) is 5.26 Å². The van der Waals surface area contributed by atoms with Crippen LogP contribution < -0.4 is 16.0 Å². The van der Waals surface area contributed by atoms with Crippen LogP contribution in [-0.2, 0) is 4.79 Å². The van der Waals surface area contributed by atoms with Gasteiger partial charge in [0.2, 0.25) is 5.91 Å². The third kappa shape index (κ3) is 6.01. The summed E-state index contributed by atoms with van der Waals surface area (Å²) in [7, 11) is 0. The zero-order valence-electron chi connectivity index (χ0n) is 14.8. The summed E-state index contributed by atoms with van der Waals surface area (Å²) in [5, 5.41) is 17.3. The number of nitrogens with one attached hydrogen (secondary N) is 3. The molecule has 0 unspecified atom stereocenters. The minimum atomic E-state index is -0.525. The number of carbonyl (C=O) groups is 2. The van der Waals surface area contributed by atoms with Gasteiger partial charge >= 0.3 is 6.03 Å². The van der Waals surface area contributed by atoms with E-state index in [2.05, 4.69) is 20.9 Å². The minimum Gasteiger partial charge on any atom is -0.355 e. The maximum atomic E-state index is 13.1. The van der Waals surface area contributed by atoms with Gasteiger partial charge in [0.25, 0.3) is 0 Å². The molecule has 8 heteroatoms. The van der Waals surface area contributed by atoms with E-state index in [1.165, 1.54) is 12.1 Å². The summed E-state index contributed by atoms with van der Waals surface area (Å²) < 4.78 is 13.1. The Morgan fingerprint density at radius 2 is 2.08 bits per heavy atom. The van der Waals surface area contributed by atoms with E-state index < -0.39 is 11.8 Å². The highest BCUT2D eigenvalue weighted by Gasteiger charge is 2.22. The van der Waals surface area contributed by atoms with Crippen molar-refractivity contribution in [2.75, 3.05) is 31.5 Å². The molecular weight excluding hydrogens is 337 g/mol. The molecule has 0 bridgehead atoms. The van der Waals surface area contributed by atoms with Crippen LogP contribution >= 0.6 is 0 Å². The molecule has 0 aliphatic carbocycles. The Labute approximate surface area is 152 Å². The molecule has 1 fully saturated rings. The Balaban J connectivity index is 1.76. The predicted octanol–water partition coefficient (Wildman–Crippen LogP) is 1.81. The molecule has 1 aliphatic heterocycles. The number of nitrogens with zero attached hydrogens (tertiary/aromatic N) is 2. The molecule has 140 valence electrons. The topological polar surface area (TPSA) is 97.3 Å². The molecule has 1 aliphatic rings. The number of nitriles is 1. The number of likely N-dealkylation sites (tertiary alicyclic amines) is 1. The Morgan fingerprint density at radius 1 is 1.35 bits per heavy atom. The van der Waals surface area contributed by atoms with Crippen molar-refractivity contribution in [3.8, 4) is 6.07 Å². The van der Waals surface area contributed by atoms with E-state index in [1.54, 1.807) is 0 Å². The van der Waals surface area contributed by atoms with Gasteiger partial charge in [-0.3, -0.25) is 9.69 Å². The first-order chi connectivity index (χ1) is 12.5. The zero-order valence-corrected chi connectivity index (χ0v) is 14.8. The normalized spacial score (nSPS) is 15.1. The maximum absolute atomic E-state index is 13.1. The Kier molecular flexibility index (Phi) is 7.36. The second-order valence-corrected chi connectivity index (χ2v) is 6.30. The SMILES string of the molecule is CCCNC(=O)CN1CCC(NC(=O)Nc2ccc(F)cc2C#N)CC1. The van der Waals surface area contributed by atoms with Crippen LogP contribution in [0.3, 0.4) is 0 Å². The van der Waals surface area contributed by atoms with Crippen molar-refractivity contribution < 1.29 is 14.0 Å². The van der Waals surface area contributed by atoms with Gasteiger partial charge in [-0.25, -0.2) is 9.18 Å². The number of anilines is 1. The van der Waals surface area contributed by atoms with Crippen LogP contribution in [0.25, 0.3) is 0 Å². The van der Waals surface area contributed by atoms with E-state index in [0.29, 0.717) is 13.1 Å². The molecule has 0 atom stereocenters. The van der Waals surface area contributed by atoms with Crippen LogP contribution in [0.15, 0.2) is 18.2 Å². The summed E-state index contributed by atoms with van der Waals surface area (Å²) in [5.74, 6) is -0.501. The Bertz CT molecular complexity index is 681. The third-order valence-corrected chi connectivity index (χ3v) is 4.21. The van der Waals surface area contributed by atoms with Crippen molar-refractivity contribution in [3.63, 3.8) is 0 Å². The van der Waals surface area contributed by atoms with Crippen LogP contribution in [-0.4, -0.2) is 49.1 Å². The van der Waals surface area contributed by atoms with E-state index in [9.17, 15) is 14.0 Å². The van der Waals surface area contributed by atoms with Crippen LogP contribution in [0.2, 0.25) is 0 Å². The van der Waals surface area contributed by atoms with E-state index >= 15 is 0 Å². The molecule has 2 rings (SSSR count). The van der Waals surface area contributed by atoms with Crippen molar-refractivity contribution >= 4 is 17.6 Å². The van der Waals surface area contributed by atoms with Gasteiger partial charge < -0.3 is 16.0 Å². The van der Waals surface area contributed by atoms with E-state index in [1.807, 2.05) is 13.0 Å². The summed E-state index contributed by atoms with van der Waals surface area (Å²) in [6, 6.07) is 5.07. The summed E-state index contributed by atoms with van der Waals surface area (Å²) in [5.41, 5.74) is 0.351. The van der Waals surface area contributed by atoms with Crippen molar-refractivity contribution in [2.45, 2.75) is 32.2 Å². The van der Waals surface area contributed by atoms with Gasteiger partial charge in [0.05, 0.1) is 17.8 Å². The number of amides is 3. The van der Waals surface area contributed by atoms with Crippen molar-refractivity contribution in [3.05, 3.63) is 29.6 Å². The van der Waals surface area contributed by atoms with Gasteiger partial charge in [0.1, 0.15) is 11.9 Å². The molecule has 7 nitrogen and oxygen atoms in total. The number of urea groups is 1. The largest absolute Gasteiger partial charge is 0.355 e. The number of hydrogen-bond acceptors (Lipinski definition) is 4. The number of halogens is 1. The molecule has 1 heterocycles. The maximum Gasteiger partial charge on any atom is 0.319 e. The third-order valence-electron chi connectivity index (χ3n) is 4.21. The highest BCUT2D eigenvalue weighted by Crippen LogP contribution is 2.16. The number of carbonyl (C=O) groups excluding carboxylic acids is 2. The number of benzene rings is 1. The second kappa shape index (κ2) is 9.73. The molecule has 1 aromatic rings. The molecule has 3 N–H and O–H groups in total. The monoisotopic (exact) mass is 361 g/mol. The van der Waals surface area contributed by atoms with Gasteiger partial charge in [-0.15, -0.1) is 0 Å². The number of rotatable bonds is 6. The second-order valence-electron chi connectivity index (χ2n) is 6.30. The first kappa shape index (κ1) is 19.7. The van der Waals surface area contributed by atoms with Crippen LogP contribution in [0.4, 0.5) is 14.9 Å². The number of piperidine rings is 1. The van der Waals surface area contributed by atoms with E-state index in [0.717, 1.165) is 38.4 Å². The van der Waals surface area contributed by atoms with Crippen LogP contribution in [0.1, 0.15) is 31.7 Å².